The molecule has 0 saturated carbocycles. The Labute approximate surface area is 407 Å². The first kappa shape index (κ1) is 68.3. The van der Waals surface area contributed by atoms with E-state index in [9.17, 15) is 0 Å². The first-order valence-corrected chi connectivity index (χ1v) is 28.3. The highest BCUT2D eigenvalue weighted by molar-refractivity contribution is 4.53. The molecule has 0 bridgehead atoms. The Morgan fingerprint density at radius 1 is 0.197 bits per heavy atom. The van der Waals surface area contributed by atoms with Crippen molar-refractivity contribution in [1.29, 1.82) is 0 Å². The number of unbranched alkanes of at least 4 members (excludes halogenated alkanes) is 43. The van der Waals surface area contributed by atoms with Crippen LogP contribution in [-0.2, 0) is 0 Å². The van der Waals surface area contributed by atoms with Gasteiger partial charge in [0, 0.05) is 0 Å². The fourth-order valence-corrected chi connectivity index (χ4v) is 9.07. The predicted octanol–water partition coefficient (Wildman–Crippen LogP) is 13.8. The maximum atomic E-state index is 2.47. The third-order valence-corrected chi connectivity index (χ3v) is 13.4. The SMILES string of the molecule is CCCCCCCCCCCCCCCCCC[N+](C)(C)CCCCCCCCCCCCCCCCCC.CCCCCCCCCCCCCCCC[N+](C)(C)C.[Br-].[Cl-]. The van der Waals surface area contributed by atoms with Crippen LogP contribution in [0, 0.1) is 0 Å². The lowest BCUT2D eigenvalue weighted by Gasteiger charge is -2.30. The summed E-state index contributed by atoms with van der Waals surface area (Å²) in [6.45, 7) is 11.0. The molecule has 0 amide bonds. The van der Waals surface area contributed by atoms with E-state index in [-0.39, 0.29) is 29.4 Å². The minimum atomic E-state index is 0. The standard InChI is InChI=1S/C38H80N.C19H42N.BrH.ClH/c1-5-7-9-11-13-15-17-19-21-23-25-27-29-31-33-35-37-39(3,4)38-36-34-32-30-28-26-24-22-20-18-16-14-12-10-8-6-2;1-5-6-7-8-9-10-11-12-13-14-15-16-17-18-19-20(2,3)4;;/h5-38H2,1-4H3;5-19H2,1-4H3;2*1H/q2*+1;;/p-2. The zero-order chi connectivity index (χ0) is 43.6. The second-order valence-corrected chi connectivity index (χ2v) is 21.6. The van der Waals surface area contributed by atoms with Gasteiger partial charge < -0.3 is 38.4 Å². The van der Waals surface area contributed by atoms with Gasteiger partial charge in [-0.25, -0.2) is 0 Å². The van der Waals surface area contributed by atoms with E-state index in [0.717, 1.165) is 4.48 Å². The summed E-state index contributed by atoms with van der Waals surface area (Å²) in [5.74, 6) is 0. The maximum absolute atomic E-state index is 2.47. The largest absolute Gasteiger partial charge is 1.00 e. The van der Waals surface area contributed by atoms with Gasteiger partial charge in [0.25, 0.3) is 0 Å². The van der Waals surface area contributed by atoms with Gasteiger partial charge in [-0.05, 0) is 38.5 Å². The summed E-state index contributed by atoms with van der Waals surface area (Å²) in [6.07, 6.45) is 67.3. The summed E-state index contributed by atoms with van der Waals surface area (Å²) in [5, 5.41) is 0. The highest BCUT2D eigenvalue weighted by Crippen LogP contribution is 2.17. The molecular weight excluding hydrogens is 828 g/mol. The molecule has 0 atom stereocenters. The second kappa shape index (κ2) is 56.8. The Kier molecular flexibility index (Phi) is 63.6. The molecule has 0 aromatic carbocycles. The second-order valence-electron chi connectivity index (χ2n) is 21.6. The normalized spacial score (nSPS) is 11.6. The number of quaternary nitrogens is 2. The number of halogens is 2. The molecular formula is C57H122BrClN2. The highest BCUT2D eigenvalue weighted by atomic mass is 79.9. The minimum Gasteiger partial charge on any atom is -1.00 e. The summed E-state index contributed by atoms with van der Waals surface area (Å²) < 4.78 is 2.37. The van der Waals surface area contributed by atoms with Crippen LogP contribution >= 0.6 is 0 Å². The Morgan fingerprint density at radius 3 is 0.475 bits per heavy atom. The summed E-state index contributed by atoms with van der Waals surface area (Å²) in [7, 11) is 11.8. The molecule has 0 spiro atoms. The fourth-order valence-electron chi connectivity index (χ4n) is 9.07. The summed E-state index contributed by atoms with van der Waals surface area (Å²) >= 11 is 0. The van der Waals surface area contributed by atoms with Gasteiger partial charge >= 0.3 is 0 Å². The van der Waals surface area contributed by atoms with Crippen LogP contribution in [0.3, 0.4) is 0 Å². The molecule has 0 aromatic rings. The van der Waals surface area contributed by atoms with Crippen LogP contribution in [0.5, 0.6) is 0 Å². The van der Waals surface area contributed by atoms with Crippen molar-refractivity contribution in [3.63, 3.8) is 0 Å². The van der Waals surface area contributed by atoms with E-state index in [4.69, 9.17) is 0 Å². The number of nitrogens with zero attached hydrogens (tertiary/aromatic N) is 2. The molecule has 4 heteroatoms. The molecule has 0 heterocycles. The van der Waals surface area contributed by atoms with Crippen LogP contribution < -0.4 is 29.4 Å². The molecule has 0 aromatic heterocycles. The molecule has 0 fully saturated rings. The number of hydrogen-bond acceptors (Lipinski definition) is 0. The predicted molar refractivity (Wildman–Crippen MR) is 274 cm³/mol. The molecule has 374 valence electrons. The maximum Gasteiger partial charge on any atom is 0.0782 e. The van der Waals surface area contributed by atoms with Gasteiger partial charge in [-0.2, -0.15) is 0 Å². The Bertz CT molecular complexity index is 699. The molecule has 61 heavy (non-hydrogen) atoms. The monoisotopic (exact) mass is 949 g/mol. The summed E-state index contributed by atoms with van der Waals surface area (Å²) in [6, 6.07) is 0. The van der Waals surface area contributed by atoms with Crippen LogP contribution in [0.4, 0.5) is 0 Å². The van der Waals surface area contributed by atoms with Crippen LogP contribution in [0.25, 0.3) is 0 Å². The lowest BCUT2D eigenvalue weighted by atomic mass is 10.0. The van der Waals surface area contributed by atoms with E-state index in [1.54, 1.807) is 0 Å². The third-order valence-electron chi connectivity index (χ3n) is 13.4. The van der Waals surface area contributed by atoms with Crippen molar-refractivity contribution in [1.82, 2.24) is 0 Å². The van der Waals surface area contributed by atoms with E-state index in [2.05, 4.69) is 56.0 Å². The molecule has 0 aliphatic rings. The zero-order valence-corrected chi connectivity index (χ0v) is 46.6. The summed E-state index contributed by atoms with van der Waals surface area (Å²) in [5.41, 5.74) is 0. The molecule has 0 unspecified atom stereocenters. The lowest BCUT2D eigenvalue weighted by Crippen LogP contribution is -3.00. The van der Waals surface area contributed by atoms with Gasteiger partial charge in [0.1, 0.15) is 0 Å². The number of rotatable bonds is 49. The van der Waals surface area contributed by atoms with Crippen molar-refractivity contribution < 1.29 is 38.4 Å². The van der Waals surface area contributed by atoms with Crippen LogP contribution in [-0.4, -0.2) is 63.8 Å². The average molecular weight is 951 g/mol. The minimum absolute atomic E-state index is 0. The van der Waals surface area contributed by atoms with E-state index >= 15 is 0 Å². The third kappa shape index (κ3) is 67.4. The molecule has 2 nitrogen and oxygen atoms in total. The van der Waals surface area contributed by atoms with Crippen molar-refractivity contribution in [2.24, 2.45) is 0 Å². The van der Waals surface area contributed by atoms with Crippen LogP contribution in [0.2, 0.25) is 0 Å². The molecule has 0 rings (SSSR count). The van der Waals surface area contributed by atoms with Gasteiger partial charge in [0.2, 0.25) is 0 Å². The lowest BCUT2D eigenvalue weighted by molar-refractivity contribution is -0.890. The van der Waals surface area contributed by atoms with E-state index < -0.39 is 0 Å². The van der Waals surface area contributed by atoms with Gasteiger partial charge in [-0.1, -0.05) is 278 Å². The van der Waals surface area contributed by atoms with E-state index in [0.29, 0.717) is 0 Å². The van der Waals surface area contributed by atoms with Crippen LogP contribution in [0.15, 0.2) is 0 Å². The van der Waals surface area contributed by atoms with Crippen molar-refractivity contribution >= 4 is 0 Å². The molecule has 0 saturated heterocycles. The van der Waals surface area contributed by atoms with Crippen LogP contribution in [0.1, 0.15) is 316 Å². The summed E-state index contributed by atoms with van der Waals surface area (Å²) in [4.78, 5) is 0. The smallest absolute Gasteiger partial charge is 0.0782 e. The van der Waals surface area contributed by atoms with E-state index in [1.807, 2.05) is 0 Å². The zero-order valence-electron chi connectivity index (χ0n) is 44.3. The Hall–Kier alpha value is 0.690. The van der Waals surface area contributed by atoms with Crippen molar-refractivity contribution in [3.8, 4) is 0 Å². The van der Waals surface area contributed by atoms with Gasteiger partial charge in [-0.3, -0.25) is 0 Å². The average Bonchev–Trinajstić information content (AvgIpc) is 3.20. The van der Waals surface area contributed by atoms with E-state index in [1.165, 1.54) is 319 Å². The van der Waals surface area contributed by atoms with Gasteiger partial charge in [-0.15, -0.1) is 0 Å². The number of hydrogen-bond donors (Lipinski definition) is 0. The molecule has 0 radical (unpaired) electrons. The van der Waals surface area contributed by atoms with Gasteiger partial charge in [0.05, 0.1) is 54.9 Å². The highest BCUT2D eigenvalue weighted by Gasteiger charge is 2.13. The molecule has 0 aliphatic carbocycles. The quantitative estimate of drug-likeness (QED) is 0.0421. The van der Waals surface area contributed by atoms with Gasteiger partial charge in [0.15, 0.2) is 0 Å². The first-order valence-electron chi connectivity index (χ1n) is 28.3. The Balaban J connectivity index is -0.000000624. The fraction of sp³-hybridized carbons (Fsp3) is 1.00. The van der Waals surface area contributed by atoms with Crippen molar-refractivity contribution in [3.05, 3.63) is 0 Å². The van der Waals surface area contributed by atoms with Crippen molar-refractivity contribution in [2.75, 3.05) is 54.9 Å². The molecule has 0 N–H and O–H groups in total. The van der Waals surface area contributed by atoms with Crippen molar-refractivity contribution in [2.45, 2.75) is 316 Å². The Morgan fingerprint density at radius 2 is 0.328 bits per heavy atom. The topological polar surface area (TPSA) is 0 Å². The first-order chi connectivity index (χ1) is 28.7. The molecule has 0 aliphatic heterocycles.